The minimum Gasteiger partial charge on any atom is -0.336 e. The molecular weight excluding hydrogens is 339 g/mol. The molecule has 0 N–H and O–H groups in total. The summed E-state index contributed by atoms with van der Waals surface area (Å²) in [5.41, 5.74) is 0.845. The maximum absolute atomic E-state index is 12.4. The highest BCUT2D eigenvalue weighted by atomic mass is 127. The van der Waals surface area contributed by atoms with Crippen LogP contribution >= 0.6 is 22.6 Å². The van der Waals surface area contributed by atoms with Crippen LogP contribution in [0, 0.1) is 3.57 Å². The summed E-state index contributed by atoms with van der Waals surface area (Å²) >= 11 is 2.24. The van der Waals surface area contributed by atoms with Gasteiger partial charge in [-0.2, -0.15) is 0 Å². The molecule has 18 heavy (non-hydrogen) atoms. The highest BCUT2D eigenvalue weighted by molar-refractivity contribution is 14.1. The smallest absolute Gasteiger partial charge is 0.255 e. The molecule has 0 unspecified atom stereocenters. The molecule has 0 aromatic heterocycles. The Morgan fingerprint density at radius 2 is 1.78 bits per heavy atom. The predicted octanol–water partition coefficient (Wildman–Crippen LogP) is 2.21. The maximum atomic E-state index is 12.4. The standard InChI is InChI=1S/C14H17IN2O/c15-13-4-2-1-3-12(13)14(18)17-9-7-16(8-10-17)11-5-6-11/h1-4,11H,5-10H2. The summed E-state index contributed by atoms with van der Waals surface area (Å²) in [6.07, 6.45) is 2.70. The number of carbonyl (C=O) groups excluding carboxylic acids is 1. The first-order valence-electron chi connectivity index (χ1n) is 6.53. The second-order valence-electron chi connectivity index (χ2n) is 5.04. The molecule has 3 nitrogen and oxygen atoms in total. The van der Waals surface area contributed by atoms with Gasteiger partial charge in [0.05, 0.1) is 5.56 Å². The summed E-state index contributed by atoms with van der Waals surface area (Å²) in [7, 11) is 0. The SMILES string of the molecule is O=C(c1ccccc1I)N1CCN(C2CC2)CC1. The molecule has 0 bridgehead atoms. The number of benzene rings is 1. The molecule has 1 aliphatic heterocycles. The zero-order valence-electron chi connectivity index (χ0n) is 10.3. The largest absolute Gasteiger partial charge is 0.336 e. The van der Waals surface area contributed by atoms with Crippen molar-refractivity contribution in [2.24, 2.45) is 0 Å². The van der Waals surface area contributed by atoms with E-state index in [-0.39, 0.29) is 5.91 Å². The number of halogens is 1. The molecule has 4 heteroatoms. The number of rotatable bonds is 2. The first kappa shape index (κ1) is 12.4. The van der Waals surface area contributed by atoms with Gasteiger partial charge in [0.1, 0.15) is 0 Å². The molecule has 1 aromatic carbocycles. The van der Waals surface area contributed by atoms with Crippen molar-refractivity contribution < 1.29 is 4.79 Å². The molecule has 2 aliphatic rings. The fourth-order valence-corrected chi connectivity index (χ4v) is 3.15. The van der Waals surface area contributed by atoms with Gasteiger partial charge in [0.2, 0.25) is 0 Å². The lowest BCUT2D eigenvalue weighted by Crippen LogP contribution is -2.49. The van der Waals surface area contributed by atoms with E-state index >= 15 is 0 Å². The Kier molecular flexibility index (Phi) is 3.56. The maximum Gasteiger partial charge on any atom is 0.255 e. The van der Waals surface area contributed by atoms with E-state index in [2.05, 4.69) is 27.5 Å². The minimum atomic E-state index is 0.190. The number of piperazine rings is 1. The first-order valence-corrected chi connectivity index (χ1v) is 7.61. The van der Waals surface area contributed by atoms with Crippen LogP contribution in [-0.4, -0.2) is 47.9 Å². The van der Waals surface area contributed by atoms with Crippen LogP contribution in [0.15, 0.2) is 24.3 Å². The van der Waals surface area contributed by atoms with Gasteiger partial charge in [0.15, 0.2) is 0 Å². The van der Waals surface area contributed by atoms with Gasteiger partial charge in [-0.3, -0.25) is 9.69 Å². The van der Waals surface area contributed by atoms with Crippen LogP contribution in [0.2, 0.25) is 0 Å². The molecule has 1 aliphatic carbocycles. The topological polar surface area (TPSA) is 23.6 Å². The zero-order chi connectivity index (χ0) is 12.5. The Balaban J connectivity index is 1.65. The lowest BCUT2D eigenvalue weighted by atomic mass is 10.2. The highest BCUT2D eigenvalue weighted by Crippen LogP contribution is 2.27. The summed E-state index contributed by atoms with van der Waals surface area (Å²) in [6.45, 7) is 3.83. The predicted molar refractivity (Wildman–Crippen MR) is 79.7 cm³/mol. The molecule has 1 saturated carbocycles. The van der Waals surface area contributed by atoms with E-state index in [9.17, 15) is 4.79 Å². The summed E-state index contributed by atoms with van der Waals surface area (Å²) in [5, 5.41) is 0. The molecule has 1 aromatic rings. The van der Waals surface area contributed by atoms with E-state index in [4.69, 9.17) is 0 Å². The minimum absolute atomic E-state index is 0.190. The monoisotopic (exact) mass is 356 g/mol. The van der Waals surface area contributed by atoms with E-state index < -0.39 is 0 Å². The van der Waals surface area contributed by atoms with Crippen molar-refractivity contribution in [2.45, 2.75) is 18.9 Å². The summed E-state index contributed by atoms with van der Waals surface area (Å²) in [6, 6.07) is 8.66. The van der Waals surface area contributed by atoms with E-state index in [1.165, 1.54) is 12.8 Å². The van der Waals surface area contributed by atoms with Crippen LogP contribution in [0.1, 0.15) is 23.2 Å². The number of carbonyl (C=O) groups is 1. The van der Waals surface area contributed by atoms with Gasteiger partial charge in [-0.1, -0.05) is 12.1 Å². The third-order valence-corrected chi connectivity index (χ3v) is 4.71. The van der Waals surface area contributed by atoms with Gasteiger partial charge < -0.3 is 4.90 Å². The Morgan fingerprint density at radius 1 is 1.11 bits per heavy atom. The zero-order valence-corrected chi connectivity index (χ0v) is 12.5. The van der Waals surface area contributed by atoms with Crippen LogP contribution in [0.3, 0.4) is 0 Å². The molecule has 1 heterocycles. The molecule has 1 amide bonds. The van der Waals surface area contributed by atoms with Crippen molar-refractivity contribution in [3.63, 3.8) is 0 Å². The summed E-state index contributed by atoms with van der Waals surface area (Å²) in [5.74, 6) is 0.190. The molecule has 0 spiro atoms. The Hall–Kier alpha value is -0.620. The number of hydrogen-bond acceptors (Lipinski definition) is 2. The third kappa shape index (κ3) is 2.54. The average Bonchev–Trinajstić information content (AvgIpc) is 3.23. The lowest BCUT2D eigenvalue weighted by Gasteiger charge is -2.35. The summed E-state index contributed by atoms with van der Waals surface area (Å²) < 4.78 is 1.05. The highest BCUT2D eigenvalue weighted by Gasteiger charge is 2.32. The van der Waals surface area contributed by atoms with E-state index in [1.54, 1.807) is 0 Å². The third-order valence-electron chi connectivity index (χ3n) is 3.77. The fraction of sp³-hybridized carbons (Fsp3) is 0.500. The molecule has 96 valence electrons. The van der Waals surface area contributed by atoms with Gasteiger partial charge in [-0.05, 0) is 47.6 Å². The van der Waals surface area contributed by atoms with E-state index in [0.717, 1.165) is 41.4 Å². The first-order chi connectivity index (χ1) is 8.75. The quantitative estimate of drug-likeness (QED) is 0.759. The Bertz CT molecular complexity index is 451. The molecule has 0 radical (unpaired) electrons. The van der Waals surface area contributed by atoms with Crippen molar-refractivity contribution >= 4 is 28.5 Å². The van der Waals surface area contributed by atoms with Gasteiger partial charge in [0, 0.05) is 35.8 Å². The number of amides is 1. The van der Waals surface area contributed by atoms with Gasteiger partial charge in [-0.25, -0.2) is 0 Å². The second-order valence-corrected chi connectivity index (χ2v) is 6.20. The van der Waals surface area contributed by atoms with Crippen molar-refractivity contribution in [1.82, 2.24) is 9.80 Å². The van der Waals surface area contributed by atoms with Crippen LogP contribution in [0.25, 0.3) is 0 Å². The normalized spacial score (nSPS) is 21.1. The van der Waals surface area contributed by atoms with Gasteiger partial charge in [-0.15, -0.1) is 0 Å². The summed E-state index contributed by atoms with van der Waals surface area (Å²) in [4.78, 5) is 16.9. The number of hydrogen-bond donors (Lipinski definition) is 0. The molecule has 2 fully saturated rings. The van der Waals surface area contributed by atoms with Gasteiger partial charge >= 0.3 is 0 Å². The van der Waals surface area contributed by atoms with Crippen molar-refractivity contribution in [3.05, 3.63) is 33.4 Å². The Morgan fingerprint density at radius 3 is 2.39 bits per heavy atom. The van der Waals surface area contributed by atoms with Crippen molar-refractivity contribution in [2.75, 3.05) is 26.2 Å². The van der Waals surface area contributed by atoms with Crippen molar-refractivity contribution in [1.29, 1.82) is 0 Å². The molecule has 0 atom stereocenters. The molecule has 1 saturated heterocycles. The Labute approximate surface area is 121 Å². The van der Waals surface area contributed by atoms with Crippen LogP contribution in [-0.2, 0) is 0 Å². The number of nitrogens with zero attached hydrogens (tertiary/aromatic N) is 2. The second kappa shape index (κ2) is 5.17. The van der Waals surface area contributed by atoms with E-state index in [0.29, 0.717) is 0 Å². The van der Waals surface area contributed by atoms with Crippen molar-refractivity contribution in [3.8, 4) is 0 Å². The van der Waals surface area contributed by atoms with Gasteiger partial charge in [0.25, 0.3) is 5.91 Å². The van der Waals surface area contributed by atoms with Crippen LogP contribution < -0.4 is 0 Å². The lowest BCUT2D eigenvalue weighted by molar-refractivity contribution is 0.0626. The average molecular weight is 356 g/mol. The molecule has 3 rings (SSSR count). The van der Waals surface area contributed by atoms with E-state index in [1.807, 2.05) is 29.2 Å². The van der Waals surface area contributed by atoms with Crippen LogP contribution in [0.4, 0.5) is 0 Å². The fourth-order valence-electron chi connectivity index (χ4n) is 2.53. The molecular formula is C14H17IN2O. The van der Waals surface area contributed by atoms with Crippen LogP contribution in [0.5, 0.6) is 0 Å².